The van der Waals surface area contributed by atoms with Crippen LogP contribution in [0.5, 0.6) is 17.2 Å². The average molecular weight is 416 g/mol. The van der Waals surface area contributed by atoms with Crippen molar-refractivity contribution in [3.8, 4) is 17.2 Å². The molecule has 8 heteroatoms. The minimum Gasteiger partial charge on any atom is -0.507 e. The number of phenolic OH excluding ortho intramolecular Hbond substituents is 1. The van der Waals surface area contributed by atoms with Crippen LogP contribution in [0.25, 0.3) is 0 Å². The predicted molar refractivity (Wildman–Crippen MR) is 107 cm³/mol. The molecule has 0 atom stereocenters. The van der Waals surface area contributed by atoms with E-state index in [1.54, 1.807) is 6.07 Å². The molecule has 2 aromatic rings. The molecule has 0 saturated carbocycles. The van der Waals surface area contributed by atoms with Gasteiger partial charge in [0.1, 0.15) is 22.8 Å². The van der Waals surface area contributed by atoms with Gasteiger partial charge < -0.3 is 24.4 Å². The summed E-state index contributed by atoms with van der Waals surface area (Å²) in [6.07, 6.45) is 1.85. The van der Waals surface area contributed by atoms with E-state index >= 15 is 0 Å². The Morgan fingerprint density at radius 1 is 0.967 bits per heavy atom. The number of carbonyl (C=O) groups excluding carboxylic acids is 2. The number of benzene rings is 2. The topological polar surface area (TPSA) is 119 Å². The van der Waals surface area contributed by atoms with Gasteiger partial charge in [-0.3, -0.25) is 4.79 Å². The molecule has 0 bridgehead atoms. The lowest BCUT2D eigenvalue weighted by Gasteiger charge is -2.15. The number of aromatic hydroxyl groups is 1. The van der Waals surface area contributed by atoms with Crippen LogP contribution in [0.2, 0.25) is 0 Å². The van der Waals surface area contributed by atoms with Gasteiger partial charge >= 0.3 is 11.9 Å². The number of hydrogen-bond acceptors (Lipinski definition) is 7. The van der Waals surface area contributed by atoms with Crippen LogP contribution in [0, 0.1) is 0 Å². The molecule has 0 heterocycles. The summed E-state index contributed by atoms with van der Waals surface area (Å²) in [7, 11) is 1.25. The monoisotopic (exact) mass is 416 g/mol. The molecule has 0 fully saturated rings. The lowest BCUT2D eigenvalue weighted by molar-refractivity contribution is -0.131. The lowest BCUT2D eigenvalue weighted by Crippen LogP contribution is -2.12. The number of Topliss-reactive ketones (excluding diaryl/α,β-unsaturated/α-hetero) is 1. The molecule has 0 aliphatic heterocycles. The second-order valence-electron chi connectivity index (χ2n) is 6.39. The molecule has 2 aromatic carbocycles. The molecular weight excluding hydrogens is 392 g/mol. The van der Waals surface area contributed by atoms with Crippen molar-refractivity contribution in [2.75, 3.05) is 20.3 Å². The van der Waals surface area contributed by atoms with Gasteiger partial charge in [-0.1, -0.05) is 13.3 Å². The van der Waals surface area contributed by atoms with Crippen LogP contribution < -0.4 is 9.47 Å². The van der Waals surface area contributed by atoms with Crippen LogP contribution in [-0.4, -0.2) is 48.3 Å². The van der Waals surface area contributed by atoms with Gasteiger partial charge in [0.05, 0.1) is 20.3 Å². The van der Waals surface area contributed by atoms with Gasteiger partial charge in [0, 0.05) is 17.5 Å². The number of esters is 1. The fraction of sp³-hybridized carbons (Fsp3) is 0.318. The van der Waals surface area contributed by atoms with Gasteiger partial charge in [0.2, 0.25) is 0 Å². The third-order valence-corrected chi connectivity index (χ3v) is 4.27. The van der Waals surface area contributed by atoms with E-state index in [9.17, 15) is 19.5 Å². The summed E-state index contributed by atoms with van der Waals surface area (Å²) in [4.78, 5) is 33.8. The van der Waals surface area contributed by atoms with Crippen molar-refractivity contribution in [3.05, 3.63) is 53.1 Å². The zero-order chi connectivity index (χ0) is 22.1. The van der Waals surface area contributed by atoms with E-state index in [1.807, 2.05) is 6.92 Å². The number of hydrogen-bond donors (Lipinski definition) is 2. The molecule has 8 nitrogen and oxygen atoms in total. The number of carbonyl (C=O) groups is 3. The fourth-order valence-electron chi connectivity index (χ4n) is 2.78. The highest BCUT2D eigenvalue weighted by atomic mass is 16.5. The number of ether oxygens (including phenoxy) is 3. The largest absolute Gasteiger partial charge is 0.507 e. The van der Waals surface area contributed by atoms with Crippen molar-refractivity contribution in [1.29, 1.82) is 0 Å². The molecule has 2 rings (SSSR count). The quantitative estimate of drug-likeness (QED) is 0.248. The number of methoxy groups -OCH3 is 1. The normalized spacial score (nSPS) is 10.3. The standard InChI is InChI=1S/C22H24O8/c1-3-5-16-18(11-10-17(20(16)24)22(27)28-2)30-13-4-12-29-15-8-6-14(7-9-15)19(23)21(25)26/h6-11,24H,3-5,12-13H2,1-2H3,(H,25,26). The molecule has 30 heavy (non-hydrogen) atoms. The van der Waals surface area contributed by atoms with Crippen LogP contribution in [0.3, 0.4) is 0 Å². The molecule has 0 unspecified atom stereocenters. The Kier molecular flexibility index (Phi) is 8.22. The molecule has 0 radical (unpaired) electrons. The van der Waals surface area contributed by atoms with Gasteiger partial charge in [-0.25, -0.2) is 9.59 Å². The Morgan fingerprint density at radius 3 is 2.23 bits per heavy atom. The zero-order valence-electron chi connectivity index (χ0n) is 16.8. The van der Waals surface area contributed by atoms with Crippen LogP contribution in [0.1, 0.15) is 46.0 Å². The molecule has 0 aromatic heterocycles. The average Bonchev–Trinajstić information content (AvgIpc) is 2.75. The summed E-state index contributed by atoms with van der Waals surface area (Å²) in [5.41, 5.74) is 0.735. The smallest absolute Gasteiger partial charge is 0.377 e. The second-order valence-corrected chi connectivity index (χ2v) is 6.39. The third-order valence-electron chi connectivity index (χ3n) is 4.27. The summed E-state index contributed by atoms with van der Waals surface area (Å²) >= 11 is 0. The molecule has 160 valence electrons. The van der Waals surface area contributed by atoms with Crippen LogP contribution in [-0.2, 0) is 16.0 Å². The van der Waals surface area contributed by atoms with Crippen molar-refractivity contribution in [2.45, 2.75) is 26.2 Å². The molecular formula is C22H24O8. The maximum Gasteiger partial charge on any atom is 0.377 e. The van der Waals surface area contributed by atoms with E-state index in [-0.39, 0.29) is 16.9 Å². The summed E-state index contributed by atoms with van der Waals surface area (Å²) in [5, 5.41) is 19.1. The van der Waals surface area contributed by atoms with Crippen molar-refractivity contribution < 1.29 is 38.8 Å². The van der Waals surface area contributed by atoms with Gasteiger partial charge in [0.25, 0.3) is 5.78 Å². The number of carboxylic acids is 1. The maximum atomic E-state index is 11.7. The van der Waals surface area contributed by atoms with Crippen molar-refractivity contribution >= 4 is 17.7 Å². The summed E-state index contributed by atoms with van der Waals surface area (Å²) in [5.74, 6) is -2.22. The van der Waals surface area contributed by atoms with E-state index in [2.05, 4.69) is 4.74 Å². The summed E-state index contributed by atoms with van der Waals surface area (Å²) < 4.78 is 16.0. The van der Waals surface area contributed by atoms with Gasteiger partial charge in [-0.15, -0.1) is 0 Å². The third kappa shape index (κ3) is 5.73. The Balaban J connectivity index is 1.89. The molecule has 2 N–H and O–H groups in total. The van der Waals surface area contributed by atoms with E-state index in [0.717, 1.165) is 6.42 Å². The molecule has 0 aliphatic rings. The summed E-state index contributed by atoms with van der Waals surface area (Å²) in [6.45, 7) is 2.61. The first-order chi connectivity index (χ1) is 14.4. The number of aliphatic carboxylic acids is 1. The van der Waals surface area contributed by atoms with Crippen LogP contribution in [0.4, 0.5) is 0 Å². The number of ketones is 1. The SMILES string of the molecule is CCCc1c(OCCCOc2ccc(C(=O)C(=O)O)cc2)ccc(C(=O)OC)c1O. The number of rotatable bonds is 11. The Labute approximate surface area is 174 Å². The second kappa shape index (κ2) is 10.8. The minimum absolute atomic E-state index is 0.0804. The van der Waals surface area contributed by atoms with Gasteiger partial charge in [-0.05, 0) is 42.8 Å². The predicted octanol–water partition coefficient (Wildman–Crippen LogP) is 3.25. The lowest BCUT2D eigenvalue weighted by atomic mass is 10.0. The van der Waals surface area contributed by atoms with E-state index in [0.29, 0.717) is 43.1 Å². The highest BCUT2D eigenvalue weighted by Crippen LogP contribution is 2.33. The highest BCUT2D eigenvalue weighted by Gasteiger charge is 2.18. The van der Waals surface area contributed by atoms with E-state index in [4.69, 9.17) is 14.6 Å². The van der Waals surface area contributed by atoms with Gasteiger partial charge in [-0.2, -0.15) is 0 Å². The Morgan fingerprint density at radius 2 is 1.63 bits per heavy atom. The van der Waals surface area contributed by atoms with Crippen molar-refractivity contribution in [3.63, 3.8) is 0 Å². The Hall–Kier alpha value is -3.55. The minimum atomic E-state index is -1.51. The van der Waals surface area contributed by atoms with Crippen molar-refractivity contribution in [2.24, 2.45) is 0 Å². The van der Waals surface area contributed by atoms with E-state index in [1.165, 1.54) is 37.4 Å². The van der Waals surface area contributed by atoms with Crippen molar-refractivity contribution in [1.82, 2.24) is 0 Å². The molecule has 0 saturated heterocycles. The first-order valence-corrected chi connectivity index (χ1v) is 9.45. The highest BCUT2D eigenvalue weighted by molar-refractivity contribution is 6.39. The zero-order valence-corrected chi connectivity index (χ0v) is 16.8. The first kappa shape index (κ1) is 22.7. The van der Waals surface area contributed by atoms with Crippen LogP contribution in [0.15, 0.2) is 36.4 Å². The molecule has 0 aliphatic carbocycles. The maximum absolute atomic E-state index is 11.7. The molecule has 0 spiro atoms. The molecule has 0 amide bonds. The van der Waals surface area contributed by atoms with Gasteiger partial charge in [0.15, 0.2) is 0 Å². The fourth-order valence-corrected chi connectivity index (χ4v) is 2.78. The number of phenols is 1. The summed E-state index contributed by atoms with van der Waals surface area (Å²) in [6, 6.07) is 8.94. The Bertz CT molecular complexity index is 902. The van der Waals surface area contributed by atoms with Crippen LogP contribution >= 0.6 is 0 Å². The first-order valence-electron chi connectivity index (χ1n) is 9.45. The number of carboxylic acid groups (broad SMARTS) is 1. The van der Waals surface area contributed by atoms with E-state index < -0.39 is 17.7 Å².